The second-order valence-electron chi connectivity index (χ2n) is 2.54. The highest BCUT2D eigenvalue weighted by Crippen LogP contribution is 2.10. The average molecular weight is 163 g/mol. The zero-order chi connectivity index (χ0) is 8.55. The molecule has 0 saturated heterocycles. The van der Waals surface area contributed by atoms with Crippen LogP contribution in [-0.4, -0.2) is 14.5 Å². The second kappa shape index (κ2) is 2.46. The van der Waals surface area contributed by atoms with Crippen LogP contribution in [0.5, 0.6) is 0 Å². The Morgan fingerprint density at radius 3 is 3.17 bits per heavy atom. The van der Waals surface area contributed by atoms with E-state index >= 15 is 0 Å². The van der Waals surface area contributed by atoms with Crippen molar-refractivity contribution in [3.05, 3.63) is 18.5 Å². The average Bonchev–Trinajstić information content (AvgIpc) is 2.47. The Labute approximate surface area is 69.2 Å². The fraction of sp³-hybridized carbons (Fsp3) is 0.143. The van der Waals surface area contributed by atoms with Crippen molar-refractivity contribution in [3.8, 4) is 0 Å². The minimum Gasteiger partial charge on any atom is -0.334 e. The Morgan fingerprint density at radius 2 is 2.42 bits per heavy atom. The Kier molecular flexibility index (Phi) is 1.44. The summed E-state index contributed by atoms with van der Waals surface area (Å²) in [4.78, 5) is 8.36. The maximum absolute atomic E-state index is 5.19. The lowest BCUT2D eigenvalue weighted by atomic mass is 10.5. The molecule has 2 aromatic rings. The summed E-state index contributed by atoms with van der Waals surface area (Å²) in [5, 5.41) is 0. The van der Waals surface area contributed by atoms with Gasteiger partial charge >= 0.3 is 0 Å². The van der Waals surface area contributed by atoms with Crippen molar-refractivity contribution < 1.29 is 0 Å². The van der Waals surface area contributed by atoms with Crippen molar-refractivity contribution in [2.45, 2.75) is 0 Å². The van der Waals surface area contributed by atoms with Crippen LogP contribution >= 0.6 is 0 Å². The lowest BCUT2D eigenvalue weighted by Gasteiger charge is -1.98. The largest absolute Gasteiger partial charge is 0.334 e. The molecule has 0 bridgehead atoms. The van der Waals surface area contributed by atoms with Crippen LogP contribution in [0.3, 0.4) is 0 Å². The van der Waals surface area contributed by atoms with Gasteiger partial charge in [-0.2, -0.15) is 0 Å². The van der Waals surface area contributed by atoms with Crippen molar-refractivity contribution >= 4 is 17.0 Å². The maximum Gasteiger partial charge on any atom is 0.159 e. The van der Waals surface area contributed by atoms with E-state index in [-0.39, 0.29) is 0 Å². The van der Waals surface area contributed by atoms with E-state index in [1.165, 1.54) is 0 Å². The number of rotatable bonds is 1. The molecule has 0 fully saturated rings. The number of fused-ring (bicyclic) bond motifs is 1. The van der Waals surface area contributed by atoms with E-state index < -0.39 is 0 Å². The Morgan fingerprint density at radius 1 is 1.58 bits per heavy atom. The number of nitrogens with two attached hydrogens (primary N) is 1. The molecule has 0 aliphatic rings. The van der Waals surface area contributed by atoms with E-state index in [9.17, 15) is 0 Å². The number of aromatic nitrogens is 3. The van der Waals surface area contributed by atoms with E-state index in [1.54, 1.807) is 6.20 Å². The summed E-state index contributed by atoms with van der Waals surface area (Å²) in [6.07, 6.45) is 3.51. The third kappa shape index (κ3) is 0.911. The molecule has 2 aromatic heterocycles. The van der Waals surface area contributed by atoms with Crippen LogP contribution in [0.1, 0.15) is 0 Å². The van der Waals surface area contributed by atoms with Crippen molar-refractivity contribution in [3.63, 3.8) is 0 Å². The number of anilines is 1. The standard InChI is InChI=1S/C7H9N5/c1-12-3-2-5-7(12)9-4-6(10-5)11-8/h2-4H,8H2,1H3,(H,10,11). The van der Waals surface area contributed by atoms with E-state index in [2.05, 4.69) is 15.4 Å². The molecule has 0 aromatic carbocycles. The number of nitrogens with one attached hydrogen (secondary N) is 1. The van der Waals surface area contributed by atoms with Crippen LogP contribution in [0, 0.1) is 0 Å². The molecule has 62 valence electrons. The molecule has 12 heavy (non-hydrogen) atoms. The topological polar surface area (TPSA) is 68.8 Å². The van der Waals surface area contributed by atoms with Crippen LogP contribution in [0.25, 0.3) is 11.2 Å². The summed E-state index contributed by atoms with van der Waals surface area (Å²) >= 11 is 0. The molecule has 0 radical (unpaired) electrons. The first kappa shape index (κ1) is 7.05. The first-order valence-electron chi connectivity index (χ1n) is 3.56. The SMILES string of the molecule is Cn1ccc2nc(NN)cnc21. The highest BCUT2D eigenvalue weighted by atomic mass is 15.3. The predicted molar refractivity (Wildman–Crippen MR) is 46.3 cm³/mol. The van der Waals surface area contributed by atoms with Gasteiger partial charge in [0.1, 0.15) is 5.52 Å². The van der Waals surface area contributed by atoms with Crippen LogP contribution in [-0.2, 0) is 7.05 Å². The van der Waals surface area contributed by atoms with E-state index in [1.807, 2.05) is 23.9 Å². The van der Waals surface area contributed by atoms with Gasteiger partial charge < -0.3 is 9.99 Å². The van der Waals surface area contributed by atoms with Gasteiger partial charge in [-0.1, -0.05) is 0 Å². The summed E-state index contributed by atoms with van der Waals surface area (Å²) in [6, 6.07) is 1.89. The zero-order valence-electron chi connectivity index (χ0n) is 6.65. The Hall–Kier alpha value is -1.62. The first-order valence-corrected chi connectivity index (χ1v) is 3.56. The minimum absolute atomic E-state index is 0.578. The molecule has 0 saturated carbocycles. The monoisotopic (exact) mass is 163 g/mol. The molecular weight excluding hydrogens is 154 g/mol. The van der Waals surface area contributed by atoms with Gasteiger partial charge in [0.25, 0.3) is 0 Å². The van der Waals surface area contributed by atoms with Crippen LogP contribution < -0.4 is 11.3 Å². The molecular formula is C7H9N5. The van der Waals surface area contributed by atoms with E-state index in [0.29, 0.717) is 5.82 Å². The van der Waals surface area contributed by atoms with Crippen molar-refractivity contribution in [2.24, 2.45) is 12.9 Å². The van der Waals surface area contributed by atoms with Crippen molar-refractivity contribution in [1.82, 2.24) is 14.5 Å². The fourth-order valence-electron chi connectivity index (χ4n) is 1.10. The van der Waals surface area contributed by atoms with Gasteiger partial charge in [0.05, 0.1) is 6.20 Å². The molecule has 5 nitrogen and oxygen atoms in total. The summed E-state index contributed by atoms with van der Waals surface area (Å²) in [5.74, 6) is 5.77. The van der Waals surface area contributed by atoms with E-state index in [4.69, 9.17) is 5.84 Å². The van der Waals surface area contributed by atoms with Crippen LogP contribution in [0.2, 0.25) is 0 Å². The molecule has 5 heteroatoms. The third-order valence-electron chi connectivity index (χ3n) is 1.72. The first-order chi connectivity index (χ1) is 5.81. The highest BCUT2D eigenvalue weighted by Gasteiger charge is 2.00. The molecule has 0 amide bonds. The third-order valence-corrected chi connectivity index (χ3v) is 1.72. The number of hydrazine groups is 1. The van der Waals surface area contributed by atoms with Gasteiger partial charge in [0.15, 0.2) is 11.5 Å². The van der Waals surface area contributed by atoms with Gasteiger partial charge in [0, 0.05) is 13.2 Å². The van der Waals surface area contributed by atoms with Gasteiger partial charge in [-0.25, -0.2) is 15.8 Å². The normalized spacial score (nSPS) is 10.5. The summed E-state index contributed by atoms with van der Waals surface area (Å²) < 4.78 is 1.91. The molecule has 0 aliphatic heterocycles. The van der Waals surface area contributed by atoms with Crippen LogP contribution in [0.15, 0.2) is 18.5 Å². The van der Waals surface area contributed by atoms with Crippen molar-refractivity contribution in [1.29, 1.82) is 0 Å². The Balaban J connectivity index is 2.69. The molecule has 0 spiro atoms. The van der Waals surface area contributed by atoms with Crippen molar-refractivity contribution in [2.75, 3.05) is 5.43 Å². The molecule has 0 atom stereocenters. The van der Waals surface area contributed by atoms with Crippen LogP contribution in [0.4, 0.5) is 5.82 Å². The second-order valence-corrected chi connectivity index (χ2v) is 2.54. The molecule has 2 rings (SSSR count). The summed E-state index contributed by atoms with van der Waals surface area (Å²) in [7, 11) is 1.92. The van der Waals surface area contributed by atoms with Gasteiger partial charge in [-0.3, -0.25) is 0 Å². The molecule has 0 aliphatic carbocycles. The number of hydrogen-bond acceptors (Lipinski definition) is 4. The minimum atomic E-state index is 0.578. The molecule has 3 N–H and O–H groups in total. The lowest BCUT2D eigenvalue weighted by Crippen LogP contribution is -2.08. The van der Waals surface area contributed by atoms with E-state index in [0.717, 1.165) is 11.2 Å². The van der Waals surface area contributed by atoms with Gasteiger partial charge in [0.2, 0.25) is 0 Å². The highest BCUT2D eigenvalue weighted by molar-refractivity contribution is 5.72. The number of aryl methyl sites for hydroxylation is 1. The Bertz CT molecular complexity index is 405. The number of hydrogen-bond donors (Lipinski definition) is 2. The lowest BCUT2D eigenvalue weighted by molar-refractivity contribution is 0.946. The molecule has 2 heterocycles. The quantitative estimate of drug-likeness (QED) is 0.467. The summed E-state index contributed by atoms with van der Waals surface area (Å²) in [5.41, 5.74) is 4.14. The number of nitrogen functional groups attached to an aromatic ring is 1. The zero-order valence-corrected chi connectivity index (χ0v) is 6.65. The predicted octanol–water partition coefficient (Wildman–Crippen LogP) is 0.254. The maximum atomic E-state index is 5.19. The fourth-order valence-corrected chi connectivity index (χ4v) is 1.10. The summed E-state index contributed by atoms with van der Waals surface area (Å²) in [6.45, 7) is 0. The van der Waals surface area contributed by atoms with Gasteiger partial charge in [-0.15, -0.1) is 0 Å². The smallest absolute Gasteiger partial charge is 0.159 e. The number of nitrogens with zero attached hydrogens (tertiary/aromatic N) is 3. The van der Waals surface area contributed by atoms with Gasteiger partial charge in [-0.05, 0) is 6.07 Å². The molecule has 0 unspecified atom stereocenters.